The fraction of sp³-hybridized carbons (Fsp3) is 0.160. The van der Waals surface area contributed by atoms with Crippen molar-refractivity contribution in [3.8, 4) is 0 Å². The van der Waals surface area contributed by atoms with Crippen molar-refractivity contribution < 1.29 is 8.42 Å². The number of hydrogen-bond acceptors (Lipinski definition) is 3. The second-order valence-corrected chi connectivity index (χ2v) is 10.7. The van der Waals surface area contributed by atoms with Crippen molar-refractivity contribution in [1.82, 2.24) is 9.29 Å². The number of pyridine rings is 1. The molecular formula is C25H21BrN2O2S. The molecule has 2 heterocycles. The van der Waals surface area contributed by atoms with Crippen molar-refractivity contribution in [3.05, 3.63) is 106 Å². The molecule has 0 aliphatic carbocycles. The lowest BCUT2D eigenvalue weighted by Crippen LogP contribution is -2.31. The van der Waals surface area contributed by atoms with Gasteiger partial charge < -0.3 is 0 Å². The number of para-hydroxylation sites is 1. The topological polar surface area (TPSA) is 50.3 Å². The Bertz CT molecular complexity index is 1370. The van der Waals surface area contributed by atoms with Crippen LogP contribution in [0.1, 0.15) is 28.4 Å². The molecule has 0 N–H and O–H groups in total. The van der Waals surface area contributed by atoms with E-state index >= 15 is 0 Å². The number of rotatable bonds is 4. The lowest BCUT2D eigenvalue weighted by atomic mass is 10.0. The minimum Gasteiger partial charge on any atom is -0.250 e. The zero-order chi connectivity index (χ0) is 21.6. The van der Waals surface area contributed by atoms with Gasteiger partial charge in [0.15, 0.2) is 0 Å². The van der Waals surface area contributed by atoms with Crippen LogP contribution in [0.3, 0.4) is 0 Å². The number of hydrogen-bond donors (Lipinski definition) is 0. The van der Waals surface area contributed by atoms with Gasteiger partial charge in [0.05, 0.1) is 22.1 Å². The van der Waals surface area contributed by atoms with Crippen molar-refractivity contribution in [2.75, 3.05) is 0 Å². The third-order valence-corrected chi connectivity index (χ3v) is 8.31. The molecule has 1 atom stereocenters. The normalized spacial score (nSPS) is 16.5. The van der Waals surface area contributed by atoms with E-state index in [4.69, 9.17) is 4.98 Å². The summed E-state index contributed by atoms with van der Waals surface area (Å²) in [6, 6.07) is 24.7. The minimum absolute atomic E-state index is 0.315. The van der Waals surface area contributed by atoms with Crippen LogP contribution in [0.15, 0.2) is 88.2 Å². The highest BCUT2D eigenvalue weighted by molar-refractivity contribution is 9.10. The highest BCUT2D eigenvalue weighted by Crippen LogP contribution is 2.41. The zero-order valence-corrected chi connectivity index (χ0v) is 19.4. The number of fused-ring (bicyclic) bond motifs is 2. The summed E-state index contributed by atoms with van der Waals surface area (Å²) in [4.78, 5) is 5.27. The number of benzene rings is 3. The molecule has 1 aliphatic rings. The number of halogens is 1. The van der Waals surface area contributed by atoms with E-state index in [0.717, 1.165) is 37.8 Å². The molecule has 31 heavy (non-hydrogen) atoms. The Hall–Kier alpha value is -2.54. The van der Waals surface area contributed by atoms with E-state index in [2.05, 4.69) is 22.0 Å². The molecular weight excluding hydrogens is 472 g/mol. The van der Waals surface area contributed by atoms with E-state index in [1.54, 1.807) is 16.4 Å². The van der Waals surface area contributed by atoms with Crippen LogP contribution in [0.25, 0.3) is 10.9 Å². The van der Waals surface area contributed by atoms with Crippen molar-refractivity contribution >= 4 is 36.9 Å². The van der Waals surface area contributed by atoms with Crippen LogP contribution in [0.5, 0.6) is 0 Å². The summed E-state index contributed by atoms with van der Waals surface area (Å²) in [5.41, 5.74) is 4.76. The van der Waals surface area contributed by atoms with Crippen molar-refractivity contribution in [3.63, 3.8) is 0 Å². The van der Waals surface area contributed by atoms with Gasteiger partial charge in [0.2, 0.25) is 10.0 Å². The molecule has 0 saturated heterocycles. The van der Waals surface area contributed by atoms with E-state index in [1.165, 1.54) is 0 Å². The summed E-state index contributed by atoms with van der Waals surface area (Å²) >= 11 is 3.60. The first kappa shape index (κ1) is 20.4. The van der Waals surface area contributed by atoms with Gasteiger partial charge in [0.25, 0.3) is 0 Å². The van der Waals surface area contributed by atoms with Gasteiger partial charge in [-0.2, -0.15) is 4.31 Å². The fourth-order valence-electron chi connectivity index (χ4n) is 4.18. The predicted octanol–water partition coefficient (Wildman–Crippen LogP) is 5.79. The van der Waals surface area contributed by atoms with E-state index in [-0.39, 0.29) is 6.04 Å². The second kappa shape index (κ2) is 7.86. The van der Waals surface area contributed by atoms with Crippen molar-refractivity contribution in [1.29, 1.82) is 0 Å². The Labute approximate surface area is 190 Å². The Morgan fingerprint density at radius 2 is 1.74 bits per heavy atom. The highest BCUT2D eigenvalue weighted by atomic mass is 79.9. The minimum atomic E-state index is -3.68. The summed E-state index contributed by atoms with van der Waals surface area (Å²) in [6.07, 6.45) is 0.571. The van der Waals surface area contributed by atoms with Gasteiger partial charge in [0.1, 0.15) is 0 Å². The largest absolute Gasteiger partial charge is 0.250 e. The Morgan fingerprint density at radius 1 is 1.00 bits per heavy atom. The first-order valence-electron chi connectivity index (χ1n) is 10.1. The number of aromatic nitrogens is 1. The second-order valence-electron chi connectivity index (χ2n) is 7.91. The molecule has 1 aliphatic heterocycles. The standard InChI is InChI=1S/C25H21BrN2O2S/c1-17-10-12-21(13-11-17)31(29,30)28-16-20-15-19-8-5-9-22(26)24(19)27-25(20)23(28)14-18-6-3-2-4-7-18/h2-13,15,23H,14,16H2,1H3. The summed E-state index contributed by atoms with van der Waals surface area (Å²) in [7, 11) is -3.68. The van der Waals surface area contributed by atoms with Crippen LogP contribution in [0.4, 0.5) is 0 Å². The predicted molar refractivity (Wildman–Crippen MR) is 126 cm³/mol. The van der Waals surface area contributed by atoms with Gasteiger partial charge in [-0.25, -0.2) is 13.4 Å². The molecule has 6 heteroatoms. The molecule has 0 fully saturated rings. The zero-order valence-electron chi connectivity index (χ0n) is 17.0. The maximum Gasteiger partial charge on any atom is 0.244 e. The maximum atomic E-state index is 13.7. The average molecular weight is 493 g/mol. The summed E-state index contributed by atoms with van der Waals surface area (Å²) in [5, 5.41) is 1.00. The molecule has 0 radical (unpaired) electrons. The van der Waals surface area contributed by atoms with Crippen LogP contribution >= 0.6 is 15.9 Å². The van der Waals surface area contributed by atoms with Crippen LogP contribution in [-0.4, -0.2) is 17.7 Å². The lowest BCUT2D eigenvalue weighted by Gasteiger charge is -2.24. The fourth-order valence-corrected chi connectivity index (χ4v) is 6.22. The van der Waals surface area contributed by atoms with Gasteiger partial charge in [-0.1, -0.05) is 60.2 Å². The van der Waals surface area contributed by atoms with Gasteiger partial charge in [0, 0.05) is 16.4 Å². The maximum absolute atomic E-state index is 13.7. The number of nitrogens with zero attached hydrogens (tertiary/aromatic N) is 2. The number of aryl methyl sites for hydroxylation is 1. The Morgan fingerprint density at radius 3 is 2.48 bits per heavy atom. The van der Waals surface area contributed by atoms with E-state index in [1.807, 2.05) is 67.6 Å². The van der Waals surface area contributed by atoms with Gasteiger partial charge >= 0.3 is 0 Å². The van der Waals surface area contributed by atoms with Gasteiger partial charge in [-0.05, 0) is 64.7 Å². The monoisotopic (exact) mass is 492 g/mol. The molecule has 4 aromatic rings. The molecule has 156 valence electrons. The molecule has 1 aromatic heterocycles. The highest BCUT2D eigenvalue weighted by Gasteiger charge is 2.40. The van der Waals surface area contributed by atoms with E-state index < -0.39 is 10.0 Å². The third kappa shape index (κ3) is 3.69. The van der Waals surface area contributed by atoms with E-state index in [0.29, 0.717) is 17.9 Å². The molecule has 3 aromatic carbocycles. The molecule has 0 saturated carbocycles. The smallest absolute Gasteiger partial charge is 0.244 e. The summed E-state index contributed by atoms with van der Waals surface area (Å²) < 4.78 is 29.8. The van der Waals surface area contributed by atoms with Crippen molar-refractivity contribution in [2.45, 2.75) is 30.8 Å². The van der Waals surface area contributed by atoms with Crippen molar-refractivity contribution in [2.24, 2.45) is 0 Å². The van der Waals surface area contributed by atoms with E-state index in [9.17, 15) is 8.42 Å². The Balaban J connectivity index is 1.65. The first-order valence-corrected chi connectivity index (χ1v) is 12.4. The van der Waals surface area contributed by atoms with Crippen LogP contribution in [0.2, 0.25) is 0 Å². The van der Waals surface area contributed by atoms with Crippen LogP contribution in [0, 0.1) is 6.92 Å². The Kier molecular flexibility index (Phi) is 5.16. The number of sulfonamides is 1. The summed E-state index contributed by atoms with van der Waals surface area (Å²) in [6.45, 7) is 2.27. The third-order valence-electron chi connectivity index (χ3n) is 5.80. The molecule has 0 amide bonds. The lowest BCUT2D eigenvalue weighted by molar-refractivity contribution is 0.345. The van der Waals surface area contributed by atoms with Gasteiger partial charge in [-0.3, -0.25) is 0 Å². The first-order chi connectivity index (χ1) is 14.9. The van der Waals surface area contributed by atoms with Crippen LogP contribution in [-0.2, 0) is 23.0 Å². The molecule has 4 nitrogen and oxygen atoms in total. The summed E-state index contributed by atoms with van der Waals surface area (Å²) in [5.74, 6) is 0. The SMILES string of the molecule is Cc1ccc(S(=O)(=O)N2Cc3cc4cccc(Br)c4nc3C2Cc2ccccc2)cc1. The average Bonchev–Trinajstić information content (AvgIpc) is 3.12. The molecule has 1 unspecified atom stereocenters. The quantitative estimate of drug-likeness (QED) is 0.362. The van der Waals surface area contributed by atoms with Crippen LogP contribution < -0.4 is 0 Å². The van der Waals surface area contributed by atoms with Gasteiger partial charge in [-0.15, -0.1) is 0 Å². The molecule has 0 spiro atoms. The molecule has 5 rings (SSSR count). The molecule has 0 bridgehead atoms.